The number of furan rings is 1. The van der Waals surface area contributed by atoms with Crippen LogP contribution in [0.3, 0.4) is 0 Å². The largest absolute Gasteiger partial charge is 0.467 e. The minimum absolute atomic E-state index is 0.0457. The molecule has 2 unspecified atom stereocenters. The van der Waals surface area contributed by atoms with Crippen molar-refractivity contribution in [2.24, 2.45) is 23.2 Å². The zero-order valence-electron chi connectivity index (χ0n) is 13.8. The summed E-state index contributed by atoms with van der Waals surface area (Å²) in [5, 5.41) is 13.4. The van der Waals surface area contributed by atoms with Crippen LogP contribution >= 0.6 is 0 Å². The summed E-state index contributed by atoms with van der Waals surface area (Å²) in [5.41, 5.74) is -0.112. The number of aliphatic hydroxyl groups is 1. The fourth-order valence-corrected chi connectivity index (χ4v) is 5.76. The maximum atomic E-state index is 13.0. The molecule has 1 aromatic heterocycles. The Bertz CT molecular complexity index is 530. The van der Waals surface area contributed by atoms with E-state index < -0.39 is 6.10 Å². The van der Waals surface area contributed by atoms with Crippen molar-refractivity contribution in [3.05, 3.63) is 24.2 Å². The molecule has 0 aliphatic heterocycles. The lowest BCUT2D eigenvalue weighted by Crippen LogP contribution is -2.55. The molecule has 4 aliphatic rings. The molecule has 4 heteroatoms. The van der Waals surface area contributed by atoms with Crippen LogP contribution in [0.15, 0.2) is 22.8 Å². The van der Waals surface area contributed by atoms with Crippen LogP contribution in [-0.4, -0.2) is 17.1 Å². The Morgan fingerprint density at radius 2 is 1.91 bits per heavy atom. The second-order valence-corrected chi connectivity index (χ2v) is 8.34. The Morgan fingerprint density at radius 1 is 1.30 bits per heavy atom. The SMILES string of the molecule is CC(CC(O)c1ccco1)NC(=O)C12CC3CC(CC(C3)C1)C2. The van der Waals surface area contributed by atoms with Crippen LogP contribution in [0, 0.1) is 23.2 Å². The average molecular weight is 317 g/mol. The lowest BCUT2D eigenvalue weighted by atomic mass is 9.49. The van der Waals surface area contributed by atoms with E-state index in [2.05, 4.69) is 5.32 Å². The Balaban J connectivity index is 1.38. The van der Waals surface area contributed by atoms with Crippen molar-refractivity contribution in [1.29, 1.82) is 0 Å². The van der Waals surface area contributed by atoms with E-state index in [9.17, 15) is 9.90 Å². The second kappa shape index (κ2) is 5.66. The molecule has 4 aliphatic carbocycles. The summed E-state index contributed by atoms with van der Waals surface area (Å²) in [6, 6.07) is 3.51. The van der Waals surface area contributed by atoms with Crippen molar-refractivity contribution in [3.63, 3.8) is 0 Å². The summed E-state index contributed by atoms with van der Waals surface area (Å²) in [6.45, 7) is 1.98. The predicted molar refractivity (Wildman–Crippen MR) is 86.5 cm³/mol. The van der Waals surface area contributed by atoms with Crippen molar-refractivity contribution in [3.8, 4) is 0 Å². The highest BCUT2D eigenvalue weighted by Gasteiger charge is 2.54. The van der Waals surface area contributed by atoms with Gasteiger partial charge in [0.2, 0.25) is 5.91 Å². The van der Waals surface area contributed by atoms with Gasteiger partial charge in [0.25, 0.3) is 0 Å². The van der Waals surface area contributed by atoms with Gasteiger partial charge in [0.1, 0.15) is 11.9 Å². The zero-order valence-corrected chi connectivity index (χ0v) is 13.8. The highest BCUT2D eigenvalue weighted by atomic mass is 16.4. The number of amides is 1. The van der Waals surface area contributed by atoms with Crippen molar-refractivity contribution in [1.82, 2.24) is 5.32 Å². The Kier molecular flexibility index (Phi) is 3.75. The van der Waals surface area contributed by atoms with Gasteiger partial charge in [-0.15, -0.1) is 0 Å². The van der Waals surface area contributed by atoms with E-state index >= 15 is 0 Å². The molecule has 4 bridgehead atoms. The van der Waals surface area contributed by atoms with Crippen molar-refractivity contribution in [2.75, 3.05) is 0 Å². The van der Waals surface area contributed by atoms with E-state index in [-0.39, 0.29) is 17.4 Å². The quantitative estimate of drug-likeness (QED) is 0.874. The minimum Gasteiger partial charge on any atom is -0.467 e. The lowest BCUT2D eigenvalue weighted by molar-refractivity contribution is -0.147. The molecule has 1 heterocycles. The fourth-order valence-electron chi connectivity index (χ4n) is 5.76. The van der Waals surface area contributed by atoms with Crippen LogP contribution in [0.25, 0.3) is 0 Å². The molecule has 2 atom stereocenters. The van der Waals surface area contributed by atoms with E-state index in [1.54, 1.807) is 18.4 Å². The van der Waals surface area contributed by atoms with Crippen LogP contribution < -0.4 is 5.32 Å². The second-order valence-electron chi connectivity index (χ2n) is 8.34. The Hall–Kier alpha value is -1.29. The first-order valence-corrected chi connectivity index (χ1v) is 9.06. The summed E-state index contributed by atoms with van der Waals surface area (Å²) >= 11 is 0. The summed E-state index contributed by atoms with van der Waals surface area (Å²) in [5.74, 6) is 3.12. The first kappa shape index (κ1) is 15.3. The molecule has 0 spiro atoms. The molecule has 4 fully saturated rings. The highest BCUT2D eigenvalue weighted by molar-refractivity contribution is 5.83. The van der Waals surface area contributed by atoms with Gasteiger partial charge in [-0.3, -0.25) is 4.79 Å². The van der Waals surface area contributed by atoms with Crippen LogP contribution in [0.4, 0.5) is 0 Å². The van der Waals surface area contributed by atoms with Gasteiger partial charge in [-0.1, -0.05) is 0 Å². The normalized spacial score (nSPS) is 37.6. The number of rotatable bonds is 5. The zero-order chi connectivity index (χ0) is 16.0. The number of carbonyl (C=O) groups is 1. The van der Waals surface area contributed by atoms with Crippen LogP contribution in [0.2, 0.25) is 0 Å². The summed E-state index contributed by atoms with van der Waals surface area (Å²) in [7, 11) is 0. The molecule has 0 saturated heterocycles. The standard InChI is InChI=1S/C19H27NO3/c1-12(5-16(21)17-3-2-4-23-17)20-18(22)19-9-13-6-14(10-19)8-15(7-13)11-19/h2-4,12-16,21H,5-11H2,1H3,(H,20,22). The monoisotopic (exact) mass is 317 g/mol. The third-order valence-electron chi connectivity index (χ3n) is 6.35. The molecule has 0 radical (unpaired) electrons. The van der Waals surface area contributed by atoms with E-state index in [4.69, 9.17) is 4.42 Å². The maximum absolute atomic E-state index is 13.0. The molecular formula is C19H27NO3. The maximum Gasteiger partial charge on any atom is 0.226 e. The molecule has 126 valence electrons. The molecule has 5 rings (SSSR count). The molecule has 23 heavy (non-hydrogen) atoms. The minimum atomic E-state index is -0.656. The number of nitrogens with one attached hydrogen (secondary N) is 1. The van der Waals surface area contributed by atoms with Crippen molar-refractivity contribution < 1.29 is 14.3 Å². The molecule has 1 amide bonds. The summed E-state index contributed by atoms with van der Waals surface area (Å²) in [6.07, 6.45) is 8.69. The van der Waals surface area contributed by atoms with Gasteiger partial charge in [0.05, 0.1) is 6.26 Å². The molecular weight excluding hydrogens is 290 g/mol. The van der Waals surface area contributed by atoms with E-state index in [1.807, 2.05) is 6.92 Å². The van der Waals surface area contributed by atoms with Gasteiger partial charge in [0.15, 0.2) is 0 Å². The molecule has 1 aromatic rings. The van der Waals surface area contributed by atoms with Crippen LogP contribution in [-0.2, 0) is 4.79 Å². The summed E-state index contributed by atoms with van der Waals surface area (Å²) in [4.78, 5) is 13.0. The van der Waals surface area contributed by atoms with Gasteiger partial charge >= 0.3 is 0 Å². The average Bonchev–Trinajstić information content (AvgIpc) is 2.99. The van der Waals surface area contributed by atoms with Gasteiger partial charge in [-0.25, -0.2) is 0 Å². The van der Waals surface area contributed by atoms with Crippen molar-refractivity contribution in [2.45, 2.75) is 64.0 Å². The third-order valence-corrected chi connectivity index (χ3v) is 6.35. The highest BCUT2D eigenvalue weighted by Crippen LogP contribution is 2.60. The van der Waals surface area contributed by atoms with Crippen LogP contribution in [0.1, 0.15) is 63.7 Å². The first-order valence-electron chi connectivity index (χ1n) is 9.06. The van der Waals surface area contributed by atoms with Gasteiger partial charge < -0.3 is 14.8 Å². The molecule has 2 N–H and O–H groups in total. The Morgan fingerprint density at radius 3 is 2.43 bits per heavy atom. The number of aliphatic hydroxyl groups excluding tert-OH is 1. The third kappa shape index (κ3) is 2.82. The predicted octanol–water partition coefficient (Wildman–Crippen LogP) is 3.42. The number of hydrogen-bond acceptors (Lipinski definition) is 3. The van der Waals surface area contributed by atoms with E-state index in [1.165, 1.54) is 19.3 Å². The topological polar surface area (TPSA) is 62.5 Å². The van der Waals surface area contributed by atoms with Crippen molar-refractivity contribution >= 4 is 5.91 Å². The van der Waals surface area contributed by atoms with Gasteiger partial charge in [0, 0.05) is 17.9 Å². The molecule has 0 aromatic carbocycles. The van der Waals surface area contributed by atoms with Gasteiger partial charge in [-0.2, -0.15) is 0 Å². The van der Waals surface area contributed by atoms with Gasteiger partial charge in [-0.05, 0) is 75.3 Å². The number of hydrogen-bond donors (Lipinski definition) is 2. The van der Waals surface area contributed by atoms with Crippen LogP contribution in [0.5, 0.6) is 0 Å². The summed E-state index contributed by atoms with van der Waals surface area (Å²) < 4.78 is 5.24. The first-order chi connectivity index (χ1) is 11.0. The number of carbonyl (C=O) groups excluding carboxylic acids is 1. The van der Waals surface area contributed by atoms with E-state index in [0.717, 1.165) is 37.0 Å². The fraction of sp³-hybridized carbons (Fsp3) is 0.737. The lowest BCUT2D eigenvalue weighted by Gasteiger charge is -2.55. The Labute approximate surface area is 137 Å². The molecule has 4 saturated carbocycles. The smallest absolute Gasteiger partial charge is 0.226 e. The molecule has 4 nitrogen and oxygen atoms in total. The van der Waals surface area contributed by atoms with E-state index in [0.29, 0.717) is 12.2 Å².